The molecule has 1 saturated carbocycles. The Kier molecular flexibility index (Phi) is 3.51. The highest BCUT2D eigenvalue weighted by atomic mass is 16.4. The van der Waals surface area contributed by atoms with Gasteiger partial charge in [-0.2, -0.15) is 0 Å². The predicted octanol–water partition coefficient (Wildman–Crippen LogP) is 1.39. The fourth-order valence-corrected chi connectivity index (χ4v) is 1.84. The third kappa shape index (κ3) is 2.58. The fourth-order valence-electron chi connectivity index (χ4n) is 1.84. The molecule has 1 unspecified atom stereocenters. The van der Waals surface area contributed by atoms with Crippen molar-refractivity contribution in [3.8, 4) is 0 Å². The Balaban J connectivity index is 1.96. The van der Waals surface area contributed by atoms with Crippen molar-refractivity contribution in [2.75, 3.05) is 6.54 Å². The van der Waals surface area contributed by atoms with Crippen molar-refractivity contribution in [2.24, 2.45) is 0 Å². The fraction of sp³-hybridized carbons (Fsp3) is 0.500. The quantitative estimate of drug-likeness (QED) is 0.787. The molecule has 0 radical (unpaired) electrons. The number of hydrogen-bond acceptors (Lipinski definition) is 3. The number of carbonyl (C=O) groups is 1. The monoisotopic (exact) mass is 220 g/mol. The molecule has 0 aliphatic heterocycles. The Hall–Kier alpha value is -1.42. The van der Waals surface area contributed by atoms with Gasteiger partial charge in [0.05, 0.1) is 5.92 Å². The van der Waals surface area contributed by atoms with E-state index in [1.54, 1.807) is 24.5 Å². The van der Waals surface area contributed by atoms with E-state index in [-0.39, 0.29) is 0 Å². The number of hydrogen-bond donors (Lipinski definition) is 2. The van der Waals surface area contributed by atoms with Gasteiger partial charge in [-0.05, 0) is 30.5 Å². The molecule has 1 aromatic rings. The maximum atomic E-state index is 11.2. The Morgan fingerprint density at radius 2 is 2.19 bits per heavy atom. The van der Waals surface area contributed by atoms with Gasteiger partial charge in [-0.15, -0.1) is 0 Å². The highest BCUT2D eigenvalue weighted by Crippen LogP contribution is 2.20. The van der Waals surface area contributed by atoms with Crippen LogP contribution in [0.2, 0.25) is 0 Å². The summed E-state index contributed by atoms with van der Waals surface area (Å²) < 4.78 is 0. The van der Waals surface area contributed by atoms with Crippen molar-refractivity contribution in [1.82, 2.24) is 10.3 Å². The summed E-state index contributed by atoms with van der Waals surface area (Å²) in [4.78, 5) is 15.1. The first-order valence-electron chi connectivity index (χ1n) is 5.63. The van der Waals surface area contributed by atoms with E-state index in [4.69, 9.17) is 5.11 Å². The lowest BCUT2D eigenvalue weighted by atomic mass is 9.92. The largest absolute Gasteiger partial charge is 0.481 e. The lowest BCUT2D eigenvalue weighted by molar-refractivity contribution is -0.138. The highest BCUT2D eigenvalue weighted by molar-refractivity contribution is 5.76. The van der Waals surface area contributed by atoms with Gasteiger partial charge in [-0.3, -0.25) is 9.78 Å². The van der Waals surface area contributed by atoms with Gasteiger partial charge in [0.25, 0.3) is 0 Å². The molecule has 0 saturated heterocycles. The van der Waals surface area contributed by atoms with Crippen molar-refractivity contribution < 1.29 is 9.90 Å². The Labute approximate surface area is 94.7 Å². The van der Waals surface area contributed by atoms with Gasteiger partial charge in [0.2, 0.25) is 0 Å². The van der Waals surface area contributed by atoms with Crippen LogP contribution in [0.4, 0.5) is 0 Å². The van der Waals surface area contributed by atoms with E-state index < -0.39 is 11.9 Å². The summed E-state index contributed by atoms with van der Waals surface area (Å²) in [5.41, 5.74) is 0.814. The summed E-state index contributed by atoms with van der Waals surface area (Å²) in [5, 5.41) is 12.5. The van der Waals surface area contributed by atoms with Crippen LogP contribution in [-0.2, 0) is 4.79 Å². The number of carboxylic acid groups (broad SMARTS) is 1. The van der Waals surface area contributed by atoms with E-state index in [2.05, 4.69) is 10.3 Å². The van der Waals surface area contributed by atoms with E-state index in [0.717, 1.165) is 5.56 Å². The number of carboxylic acids is 1. The minimum absolute atomic E-state index is 0.469. The van der Waals surface area contributed by atoms with Crippen molar-refractivity contribution in [3.05, 3.63) is 30.1 Å². The van der Waals surface area contributed by atoms with Crippen molar-refractivity contribution >= 4 is 5.97 Å². The molecular weight excluding hydrogens is 204 g/mol. The molecular formula is C12H16N2O2. The van der Waals surface area contributed by atoms with E-state index in [0.29, 0.717) is 12.6 Å². The van der Waals surface area contributed by atoms with E-state index in [9.17, 15) is 4.79 Å². The van der Waals surface area contributed by atoms with Crippen molar-refractivity contribution in [1.29, 1.82) is 0 Å². The molecule has 1 atom stereocenters. The number of aliphatic carboxylic acids is 1. The van der Waals surface area contributed by atoms with Gasteiger partial charge in [0.15, 0.2) is 0 Å². The second-order valence-corrected chi connectivity index (χ2v) is 4.21. The molecule has 1 aromatic heterocycles. The minimum atomic E-state index is -0.780. The summed E-state index contributed by atoms with van der Waals surface area (Å²) >= 11 is 0. The van der Waals surface area contributed by atoms with Crippen LogP contribution in [0.5, 0.6) is 0 Å². The first kappa shape index (κ1) is 11.1. The van der Waals surface area contributed by atoms with Gasteiger partial charge in [0, 0.05) is 25.0 Å². The summed E-state index contributed by atoms with van der Waals surface area (Å²) in [6, 6.07) is 4.05. The van der Waals surface area contributed by atoms with Gasteiger partial charge >= 0.3 is 5.97 Å². The minimum Gasteiger partial charge on any atom is -0.481 e. The second kappa shape index (κ2) is 5.07. The maximum absolute atomic E-state index is 11.2. The smallest absolute Gasteiger partial charge is 0.312 e. The molecule has 16 heavy (non-hydrogen) atoms. The average Bonchev–Trinajstić information content (AvgIpc) is 2.22. The molecule has 2 N–H and O–H groups in total. The molecule has 0 bridgehead atoms. The third-order valence-electron chi connectivity index (χ3n) is 3.12. The van der Waals surface area contributed by atoms with Crippen LogP contribution in [0, 0.1) is 0 Å². The first-order valence-corrected chi connectivity index (χ1v) is 5.63. The molecule has 1 aliphatic rings. The normalized spacial score (nSPS) is 17.8. The Morgan fingerprint density at radius 1 is 1.50 bits per heavy atom. The zero-order valence-electron chi connectivity index (χ0n) is 9.10. The summed E-state index contributed by atoms with van der Waals surface area (Å²) in [5.74, 6) is -1.25. The van der Waals surface area contributed by atoms with E-state index in [1.807, 2.05) is 0 Å². The van der Waals surface area contributed by atoms with Gasteiger partial charge in [0.1, 0.15) is 0 Å². The molecule has 1 aliphatic carbocycles. The number of aromatic nitrogens is 1. The Bertz CT molecular complexity index is 349. The second-order valence-electron chi connectivity index (χ2n) is 4.21. The zero-order chi connectivity index (χ0) is 11.4. The van der Waals surface area contributed by atoms with E-state index >= 15 is 0 Å². The summed E-state index contributed by atoms with van der Waals surface area (Å²) in [6.07, 6.45) is 6.86. The van der Waals surface area contributed by atoms with Crippen molar-refractivity contribution in [3.63, 3.8) is 0 Å². The molecule has 0 spiro atoms. The standard InChI is InChI=1S/C12H16N2O2/c15-12(16)11(8-14-10-2-1-3-10)9-4-6-13-7-5-9/h4-7,10-11,14H,1-3,8H2,(H,15,16). The SMILES string of the molecule is O=C(O)C(CNC1CCC1)c1ccncc1. The maximum Gasteiger partial charge on any atom is 0.312 e. The van der Waals surface area contributed by atoms with Gasteiger partial charge in [-0.1, -0.05) is 6.42 Å². The topological polar surface area (TPSA) is 62.2 Å². The molecule has 0 amide bonds. The van der Waals surface area contributed by atoms with Crippen molar-refractivity contribution in [2.45, 2.75) is 31.2 Å². The predicted molar refractivity (Wildman–Crippen MR) is 60.3 cm³/mol. The lowest BCUT2D eigenvalue weighted by Gasteiger charge is -2.28. The third-order valence-corrected chi connectivity index (χ3v) is 3.12. The number of nitrogens with zero attached hydrogens (tertiary/aromatic N) is 1. The molecule has 1 heterocycles. The van der Waals surface area contributed by atoms with Crippen LogP contribution in [0.1, 0.15) is 30.7 Å². The molecule has 2 rings (SSSR count). The van der Waals surface area contributed by atoms with E-state index in [1.165, 1.54) is 19.3 Å². The first-order chi connectivity index (χ1) is 7.77. The van der Waals surface area contributed by atoms with Crippen LogP contribution < -0.4 is 5.32 Å². The summed E-state index contributed by atoms with van der Waals surface area (Å²) in [7, 11) is 0. The molecule has 86 valence electrons. The van der Waals surface area contributed by atoms with Crippen LogP contribution in [0.25, 0.3) is 0 Å². The van der Waals surface area contributed by atoms with Gasteiger partial charge in [-0.25, -0.2) is 0 Å². The zero-order valence-corrected chi connectivity index (χ0v) is 9.10. The van der Waals surface area contributed by atoms with Crippen LogP contribution in [0.15, 0.2) is 24.5 Å². The van der Waals surface area contributed by atoms with Gasteiger partial charge < -0.3 is 10.4 Å². The number of pyridine rings is 1. The van der Waals surface area contributed by atoms with Crippen LogP contribution >= 0.6 is 0 Å². The average molecular weight is 220 g/mol. The molecule has 1 fully saturated rings. The molecule has 4 nitrogen and oxygen atoms in total. The highest BCUT2D eigenvalue weighted by Gasteiger charge is 2.23. The summed E-state index contributed by atoms with van der Waals surface area (Å²) in [6.45, 7) is 0.504. The molecule has 4 heteroatoms. The Morgan fingerprint density at radius 3 is 2.69 bits per heavy atom. The van der Waals surface area contributed by atoms with Crippen LogP contribution in [0.3, 0.4) is 0 Å². The van der Waals surface area contributed by atoms with Crippen LogP contribution in [-0.4, -0.2) is 28.6 Å². The number of rotatable bonds is 5. The number of nitrogens with one attached hydrogen (secondary N) is 1. The molecule has 0 aromatic carbocycles. The lowest BCUT2D eigenvalue weighted by Crippen LogP contribution is -2.39.